The first kappa shape index (κ1) is 21.6. The van der Waals surface area contributed by atoms with Crippen LogP contribution in [-0.2, 0) is 10.2 Å². The van der Waals surface area contributed by atoms with Gasteiger partial charge in [0.2, 0.25) is 5.91 Å². The van der Waals surface area contributed by atoms with E-state index in [2.05, 4.69) is 15.5 Å². The van der Waals surface area contributed by atoms with Crippen molar-refractivity contribution in [3.05, 3.63) is 118 Å². The normalized spacial score (nSPS) is 26.5. The lowest BCUT2D eigenvalue weighted by Crippen LogP contribution is -2.49. The summed E-state index contributed by atoms with van der Waals surface area (Å²) in [6, 6.07) is 24.4. The SMILES string of the molecule is O=C(C1=C2NC3CCCCC3N2C2=C(C(=O)c3ccccc32)[C@@]12C(=O)Nc1ccccc12)c1ccccc1. The molecule has 0 aromatic heterocycles. The fraction of sp³-hybridized carbons (Fsp3) is 0.219. The fourth-order valence-electron chi connectivity index (χ4n) is 7.40. The molecule has 1 saturated carbocycles. The molecule has 6 heteroatoms. The van der Waals surface area contributed by atoms with Gasteiger partial charge in [0.1, 0.15) is 11.2 Å². The Morgan fingerprint density at radius 3 is 2.39 bits per heavy atom. The third kappa shape index (κ3) is 2.50. The number of carbonyl (C=O) groups is 3. The molecule has 1 amide bonds. The van der Waals surface area contributed by atoms with E-state index >= 15 is 0 Å². The number of fused-ring (bicyclic) bond motifs is 9. The first-order chi connectivity index (χ1) is 18.6. The van der Waals surface area contributed by atoms with Crippen LogP contribution in [0.25, 0.3) is 5.70 Å². The molecule has 8 rings (SSSR count). The van der Waals surface area contributed by atoms with E-state index in [4.69, 9.17) is 0 Å². The minimum Gasteiger partial charge on any atom is -0.366 e. The number of rotatable bonds is 2. The predicted molar refractivity (Wildman–Crippen MR) is 143 cm³/mol. The molecule has 2 fully saturated rings. The molecule has 3 heterocycles. The average Bonchev–Trinajstić information content (AvgIpc) is 3.58. The summed E-state index contributed by atoms with van der Waals surface area (Å²) in [6.45, 7) is 0. The van der Waals surface area contributed by atoms with Crippen molar-refractivity contribution in [2.75, 3.05) is 5.32 Å². The highest BCUT2D eigenvalue weighted by atomic mass is 16.2. The van der Waals surface area contributed by atoms with E-state index in [1.807, 2.05) is 66.7 Å². The molecule has 3 atom stereocenters. The van der Waals surface area contributed by atoms with Crippen molar-refractivity contribution in [2.24, 2.45) is 0 Å². The van der Waals surface area contributed by atoms with Gasteiger partial charge in [-0.2, -0.15) is 0 Å². The molecule has 0 radical (unpaired) electrons. The van der Waals surface area contributed by atoms with Gasteiger partial charge < -0.3 is 15.5 Å². The Morgan fingerprint density at radius 1 is 0.842 bits per heavy atom. The smallest absolute Gasteiger partial charge is 0.244 e. The van der Waals surface area contributed by atoms with E-state index in [0.717, 1.165) is 36.9 Å². The number of hydrogen-bond donors (Lipinski definition) is 2. The molecular formula is C32H25N3O3. The van der Waals surface area contributed by atoms with Gasteiger partial charge in [-0.1, -0.05) is 85.6 Å². The van der Waals surface area contributed by atoms with Gasteiger partial charge in [0.05, 0.1) is 17.3 Å². The lowest BCUT2D eigenvalue weighted by atomic mass is 9.64. The Kier molecular flexibility index (Phi) is 4.29. The average molecular weight is 500 g/mol. The maximum absolute atomic E-state index is 14.6. The van der Waals surface area contributed by atoms with Crippen LogP contribution in [0.1, 0.15) is 57.5 Å². The van der Waals surface area contributed by atoms with E-state index < -0.39 is 5.41 Å². The van der Waals surface area contributed by atoms with Gasteiger partial charge in [0.15, 0.2) is 11.6 Å². The third-order valence-corrected chi connectivity index (χ3v) is 8.93. The fourth-order valence-corrected chi connectivity index (χ4v) is 7.40. The van der Waals surface area contributed by atoms with Crippen molar-refractivity contribution >= 4 is 28.9 Å². The molecule has 5 aliphatic rings. The van der Waals surface area contributed by atoms with Crippen LogP contribution in [0.3, 0.4) is 0 Å². The molecule has 2 N–H and O–H groups in total. The van der Waals surface area contributed by atoms with Gasteiger partial charge in [0.25, 0.3) is 0 Å². The Morgan fingerprint density at radius 2 is 1.55 bits per heavy atom. The second-order valence-corrected chi connectivity index (χ2v) is 10.7. The van der Waals surface area contributed by atoms with E-state index in [1.54, 1.807) is 12.1 Å². The van der Waals surface area contributed by atoms with Gasteiger partial charge in [-0.3, -0.25) is 14.4 Å². The molecule has 0 bridgehead atoms. The number of hydrogen-bond acceptors (Lipinski definition) is 5. The first-order valence-electron chi connectivity index (χ1n) is 13.3. The number of carbonyl (C=O) groups excluding carboxylic acids is 3. The van der Waals surface area contributed by atoms with E-state index in [0.29, 0.717) is 39.3 Å². The summed E-state index contributed by atoms with van der Waals surface area (Å²) in [7, 11) is 0. The Hall–Kier alpha value is -4.45. The van der Waals surface area contributed by atoms with Gasteiger partial charge in [-0.05, 0) is 18.9 Å². The van der Waals surface area contributed by atoms with Crippen LogP contribution >= 0.6 is 0 Å². The Balaban J connectivity index is 1.51. The minimum atomic E-state index is -1.55. The third-order valence-electron chi connectivity index (χ3n) is 8.93. The van der Waals surface area contributed by atoms with Crippen molar-refractivity contribution in [2.45, 2.75) is 43.2 Å². The molecule has 1 spiro atoms. The van der Waals surface area contributed by atoms with Crippen LogP contribution < -0.4 is 10.6 Å². The molecule has 1 saturated heterocycles. The Bertz CT molecular complexity index is 1650. The van der Waals surface area contributed by atoms with Crippen molar-refractivity contribution in [1.29, 1.82) is 0 Å². The summed E-state index contributed by atoms with van der Waals surface area (Å²) in [5.41, 5.74) is 3.17. The number of benzene rings is 3. The minimum absolute atomic E-state index is 0.110. The number of ketones is 2. The lowest BCUT2D eigenvalue weighted by Gasteiger charge is -2.42. The van der Waals surface area contributed by atoms with Crippen LogP contribution in [0, 0.1) is 0 Å². The van der Waals surface area contributed by atoms with E-state index in [-0.39, 0.29) is 29.6 Å². The van der Waals surface area contributed by atoms with E-state index in [9.17, 15) is 14.4 Å². The van der Waals surface area contributed by atoms with Crippen LogP contribution in [0.4, 0.5) is 5.69 Å². The highest BCUT2D eigenvalue weighted by Gasteiger charge is 2.65. The van der Waals surface area contributed by atoms with Crippen molar-refractivity contribution < 1.29 is 14.4 Å². The highest BCUT2D eigenvalue weighted by molar-refractivity contribution is 6.33. The molecule has 38 heavy (non-hydrogen) atoms. The van der Waals surface area contributed by atoms with Crippen LogP contribution in [-0.4, -0.2) is 34.5 Å². The molecule has 2 unspecified atom stereocenters. The number of para-hydroxylation sites is 1. The van der Waals surface area contributed by atoms with Crippen molar-refractivity contribution in [1.82, 2.24) is 10.2 Å². The highest BCUT2D eigenvalue weighted by Crippen LogP contribution is 2.60. The molecule has 2 aliphatic carbocycles. The van der Waals surface area contributed by atoms with Gasteiger partial charge >= 0.3 is 0 Å². The molecule has 3 aromatic carbocycles. The van der Waals surface area contributed by atoms with Crippen LogP contribution in [0.15, 0.2) is 95.8 Å². The maximum atomic E-state index is 14.6. The maximum Gasteiger partial charge on any atom is 0.244 e. The number of amides is 1. The summed E-state index contributed by atoms with van der Waals surface area (Å²) < 4.78 is 0. The second-order valence-electron chi connectivity index (χ2n) is 10.7. The monoisotopic (exact) mass is 499 g/mol. The molecule has 6 nitrogen and oxygen atoms in total. The van der Waals surface area contributed by atoms with E-state index in [1.165, 1.54) is 0 Å². The molecular weight excluding hydrogens is 474 g/mol. The lowest BCUT2D eigenvalue weighted by molar-refractivity contribution is -0.118. The van der Waals surface area contributed by atoms with Gasteiger partial charge in [-0.25, -0.2) is 0 Å². The largest absolute Gasteiger partial charge is 0.366 e. The number of anilines is 1. The summed E-state index contributed by atoms with van der Waals surface area (Å²) >= 11 is 0. The van der Waals surface area contributed by atoms with Crippen molar-refractivity contribution in [3.63, 3.8) is 0 Å². The van der Waals surface area contributed by atoms with Gasteiger partial charge in [0, 0.05) is 39.6 Å². The summed E-state index contributed by atoms with van der Waals surface area (Å²) in [5.74, 6) is -0.0978. The predicted octanol–water partition coefficient (Wildman–Crippen LogP) is 4.81. The zero-order valence-electron chi connectivity index (χ0n) is 20.7. The standard InChI is InChI=1S/C32H25N3O3/c36-28(18-10-2-1-3-11-18)26-30-33-23-16-8-9-17-24(23)35(30)27-19-12-4-5-13-20(19)29(37)25(27)32(26)21-14-6-7-15-22(21)34-31(32)38/h1-7,10-15,23-24,33H,8-9,16-17H2,(H,34,38)/t23?,24?,32-/m1/s1. The molecule has 3 aromatic rings. The molecule has 3 aliphatic heterocycles. The van der Waals surface area contributed by atoms with Crippen molar-refractivity contribution in [3.8, 4) is 0 Å². The van der Waals surface area contributed by atoms with Gasteiger partial charge in [-0.15, -0.1) is 0 Å². The van der Waals surface area contributed by atoms with Crippen LogP contribution in [0.5, 0.6) is 0 Å². The second kappa shape index (κ2) is 7.54. The summed E-state index contributed by atoms with van der Waals surface area (Å²) in [4.78, 5) is 45.5. The number of nitrogens with one attached hydrogen (secondary N) is 2. The topological polar surface area (TPSA) is 78.5 Å². The summed E-state index contributed by atoms with van der Waals surface area (Å²) in [6.07, 6.45) is 4.12. The molecule has 186 valence electrons. The van der Waals surface area contributed by atoms with Crippen LogP contribution in [0.2, 0.25) is 0 Å². The zero-order chi connectivity index (χ0) is 25.6. The summed E-state index contributed by atoms with van der Waals surface area (Å²) in [5, 5.41) is 6.75. The quantitative estimate of drug-likeness (QED) is 0.495. The number of nitrogens with zero attached hydrogens (tertiary/aromatic N) is 1. The Labute approximate surface area is 220 Å². The zero-order valence-corrected chi connectivity index (χ0v) is 20.7. The number of Topliss-reactive ketones (excluding diaryl/α,β-unsaturated/α-hetero) is 2. The first-order valence-corrected chi connectivity index (χ1v) is 13.3.